The Morgan fingerprint density at radius 3 is 2.27 bits per heavy atom. The quantitative estimate of drug-likeness (QED) is 0.544. The molecule has 1 atom stereocenters. The Morgan fingerprint density at radius 1 is 0.833 bits per heavy atom. The lowest BCUT2D eigenvalue weighted by molar-refractivity contribution is -0.119. The van der Waals surface area contributed by atoms with Crippen molar-refractivity contribution in [1.82, 2.24) is 4.98 Å². The van der Waals surface area contributed by atoms with E-state index in [9.17, 15) is 4.79 Å². The summed E-state index contributed by atoms with van der Waals surface area (Å²) in [5, 5.41) is 3.08. The van der Waals surface area contributed by atoms with Crippen LogP contribution in [-0.4, -0.2) is 22.6 Å². The molecule has 1 aliphatic rings. The fourth-order valence-electron chi connectivity index (χ4n) is 3.59. The molecular weight excluding hydrogens is 374 g/mol. The van der Waals surface area contributed by atoms with Gasteiger partial charge in [0.2, 0.25) is 0 Å². The van der Waals surface area contributed by atoms with Crippen LogP contribution in [0.3, 0.4) is 0 Å². The van der Waals surface area contributed by atoms with Gasteiger partial charge in [-0.3, -0.25) is 9.79 Å². The van der Waals surface area contributed by atoms with Crippen LogP contribution in [0.15, 0.2) is 101 Å². The molecule has 30 heavy (non-hydrogen) atoms. The summed E-state index contributed by atoms with van der Waals surface area (Å²) in [5.74, 6) is 0.600. The van der Waals surface area contributed by atoms with Crippen molar-refractivity contribution in [1.29, 1.82) is 0 Å². The van der Waals surface area contributed by atoms with Crippen LogP contribution in [0.5, 0.6) is 0 Å². The van der Waals surface area contributed by atoms with Crippen LogP contribution < -0.4 is 5.32 Å². The van der Waals surface area contributed by atoms with Gasteiger partial charge >= 0.3 is 0 Å². The van der Waals surface area contributed by atoms with E-state index in [4.69, 9.17) is 9.41 Å². The lowest BCUT2D eigenvalue weighted by Gasteiger charge is -2.12. The van der Waals surface area contributed by atoms with Gasteiger partial charge in [0.25, 0.3) is 6.01 Å². The number of benzene rings is 3. The van der Waals surface area contributed by atoms with Crippen molar-refractivity contribution < 1.29 is 9.21 Å². The van der Waals surface area contributed by atoms with Gasteiger partial charge in [-0.05, 0) is 5.56 Å². The van der Waals surface area contributed by atoms with Crippen LogP contribution in [0.2, 0.25) is 0 Å². The SMILES string of the molecule is O=C1Cc2ccccc2C(c2ccccc2)=NC1Nc1ncc(-c2ccccc2)o1. The molecule has 1 aliphatic heterocycles. The van der Waals surface area contributed by atoms with Gasteiger partial charge in [0, 0.05) is 23.1 Å². The molecule has 0 aliphatic carbocycles. The number of aliphatic imine (C=N–C) groups is 1. The number of hydrogen-bond donors (Lipinski definition) is 1. The highest BCUT2D eigenvalue weighted by Crippen LogP contribution is 2.25. The minimum atomic E-state index is -0.783. The molecule has 5 heteroatoms. The van der Waals surface area contributed by atoms with Crippen molar-refractivity contribution >= 4 is 17.5 Å². The van der Waals surface area contributed by atoms with Gasteiger partial charge in [0.15, 0.2) is 17.7 Å². The number of ketones is 1. The van der Waals surface area contributed by atoms with Gasteiger partial charge in [-0.1, -0.05) is 84.9 Å². The van der Waals surface area contributed by atoms with Crippen LogP contribution in [0.4, 0.5) is 6.01 Å². The van der Waals surface area contributed by atoms with Crippen molar-refractivity contribution in [2.24, 2.45) is 4.99 Å². The lowest BCUT2D eigenvalue weighted by atomic mass is 9.96. The molecule has 0 saturated carbocycles. The Balaban J connectivity index is 1.51. The fraction of sp³-hybridized carbons (Fsp3) is 0.0800. The van der Waals surface area contributed by atoms with E-state index in [1.807, 2.05) is 84.9 Å². The summed E-state index contributed by atoms with van der Waals surface area (Å²) in [6.07, 6.45) is 1.16. The van der Waals surface area contributed by atoms with E-state index in [0.29, 0.717) is 12.2 Å². The molecule has 1 N–H and O–H groups in total. The largest absolute Gasteiger partial charge is 0.424 e. The molecule has 1 unspecified atom stereocenters. The summed E-state index contributed by atoms with van der Waals surface area (Å²) in [7, 11) is 0. The second kappa shape index (κ2) is 7.79. The monoisotopic (exact) mass is 393 g/mol. The zero-order valence-corrected chi connectivity index (χ0v) is 16.2. The summed E-state index contributed by atoms with van der Waals surface area (Å²) in [6.45, 7) is 0. The number of rotatable bonds is 4. The third-order valence-corrected chi connectivity index (χ3v) is 5.07. The summed E-state index contributed by atoms with van der Waals surface area (Å²) < 4.78 is 5.84. The van der Waals surface area contributed by atoms with Gasteiger partial charge in [0.05, 0.1) is 11.9 Å². The Morgan fingerprint density at radius 2 is 1.50 bits per heavy atom. The summed E-state index contributed by atoms with van der Waals surface area (Å²) in [5.41, 5.74) is 4.60. The molecule has 0 amide bonds. The standard InChI is InChI=1S/C25H19N3O2/c29-21-15-19-13-7-8-14-20(19)23(18-11-5-2-6-12-18)27-24(21)28-25-26-16-22(30-25)17-9-3-1-4-10-17/h1-14,16,24H,15H2,(H,26,28). The molecule has 4 aromatic rings. The molecule has 5 rings (SSSR count). The van der Waals surface area contributed by atoms with Crippen molar-refractivity contribution in [3.8, 4) is 11.3 Å². The third kappa shape index (κ3) is 3.53. The van der Waals surface area contributed by atoms with Crippen molar-refractivity contribution in [2.45, 2.75) is 12.6 Å². The maximum atomic E-state index is 13.0. The number of oxazole rings is 1. The first kappa shape index (κ1) is 18.1. The number of anilines is 1. The first-order chi connectivity index (χ1) is 14.8. The van der Waals surface area contributed by atoms with Crippen LogP contribution >= 0.6 is 0 Å². The second-order valence-electron chi connectivity index (χ2n) is 7.09. The molecule has 0 fully saturated rings. The molecule has 0 spiro atoms. The Bertz CT molecular complexity index is 1210. The van der Waals surface area contributed by atoms with E-state index in [1.165, 1.54) is 0 Å². The van der Waals surface area contributed by atoms with Gasteiger partial charge in [-0.25, -0.2) is 4.98 Å². The number of carbonyl (C=O) groups excluding carboxylic acids is 1. The van der Waals surface area contributed by atoms with Gasteiger partial charge in [-0.15, -0.1) is 0 Å². The minimum absolute atomic E-state index is 0.0344. The van der Waals surface area contributed by atoms with Crippen LogP contribution in [-0.2, 0) is 11.2 Å². The normalized spacial score (nSPS) is 15.8. The maximum Gasteiger partial charge on any atom is 0.297 e. The fourth-order valence-corrected chi connectivity index (χ4v) is 3.59. The van der Waals surface area contributed by atoms with Gasteiger partial charge in [0.1, 0.15) is 0 Å². The molecule has 3 aromatic carbocycles. The number of Topliss-reactive ketones (excluding diaryl/α,β-unsaturated/α-hetero) is 1. The van der Waals surface area contributed by atoms with Crippen LogP contribution in [0, 0.1) is 0 Å². The van der Waals surface area contributed by atoms with Crippen LogP contribution in [0.25, 0.3) is 11.3 Å². The number of nitrogens with zero attached hydrogens (tertiary/aromatic N) is 2. The molecule has 5 nitrogen and oxygen atoms in total. The zero-order chi connectivity index (χ0) is 20.3. The number of hydrogen-bond acceptors (Lipinski definition) is 5. The molecule has 0 saturated heterocycles. The molecule has 2 heterocycles. The summed E-state index contributed by atoms with van der Waals surface area (Å²) in [6, 6.07) is 27.8. The van der Waals surface area contributed by atoms with Crippen LogP contribution in [0.1, 0.15) is 16.7 Å². The van der Waals surface area contributed by atoms with E-state index in [2.05, 4.69) is 10.3 Å². The van der Waals surface area contributed by atoms with E-state index < -0.39 is 6.17 Å². The van der Waals surface area contributed by atoms with E-state index in [0.717, 1.165) is 28.0 Å². The maximum absolute atomic E-state index is 13.0. The number of carbonyl (C=O) groups is 1. The van der Waals surface area contributed by atoms with Crippen molar-refractivity contribution in [3.63, 3.8) is 0 Å². The highest BCUT2D eigenvalue weighted by Gasteiger charge is 2.27. The van der Waals surface area contributed by atoms with Gasteiger partial charge < -0.3 is 9.73 Å². The zero-order valence-electron chi connectivity index (χ0n) is 16.2. The molecule has 0 radical (unpaired) electrons. The Kier molecular flexibility index (Phi) is 4.69. The third-order valence-electron chi connectivity index (χ3n) is 5.07. The number of aromatic nitrogens is 1. The Labute approximate surface area is 174 Å². The highest BCUT2D eigenvalue weighted by molar-refractivity contribution is 6.16. The molecular formula is C25H19N3O2. The first-order valence-electron chi connectivity index (χ1n) is 9.80. The first-order valence-corrected chi connectivity index (χ1v) is 9.80. The van der Waals surface area contributed by atoms with Crippen molar-refractivity contribution in [2.75, 3.05) is 5.32 Å². The summed E-state index contributed by atoms with van der Waals surface area (Å²) in [4.78, 5) is 22.1. The average Bonchev–Trinajstić information content (AvgIpc) is 3.21. The lowest BCUT2D eigenvalue weighted by Crippen LogP contribution is -2.29. The average molecular weight is 393 g/mol. The number of nitrogens with one attached hydrogen (secondary N) is 1. The van der Waals surface area contributed by atoms with Gasteiger partial charge in [-0.2, -0.15) is 0 Å². The molecule has 1 aromatic heterocycles. The predicted octanol–water partition coefficient (Wildman–Crippen LogP) is 4.74. The Hall–Kier alpha value is -3.99. The summed E-state index contributed by atoms with van der Waals surface area (Å²) >= 11 is 0. The van der Waals surface area contributed by atoms with Crippen molar-refractivity contribution in [3.05, 3.63) is 108 Å². The molecule has 0 bridgehead atoms. The topological polar surface area (TPSA) is 67.5 Å². The predicted molar refractivity (Wildman–Crippen MR) is 117 cm³/mol. The van der Waals surface area contributed by atoms with E-state index in [-0.39, 0.29) is 11.8 Å². The minimum Gasteiger partial charge on any atom is -0.424 e. The number of fused-ring (bicyclic) bond motifs is 1. The highest BCUT2D eigenvalue weighted by atomic mass is 16.4. The molecule has 146 valence electrons. The smallest absolute Gasteiger partial charge is 0.297 e. The van der Waals surface area contributed by atoms with E-state index in [1.54, 1.807) is 6.20 Å². The second-order valence-corrected chi connectivity index (χ2v) is 7.09. The van der Waals surface area contributed by atoms with E-state index >= 15 is 0 Å².